The molecule has 2 bridgehead atoms. The molecule has 2 fully saturated rings. The van der Waals surface area contributed by atoms with Crippen molar-refractivity contribution in [3.63, 3.8) is 0 Å². The highest BCUT2D eigenvalue weighted by molar-refractivity contribution is 5.98. The number of unbranched alkanes of at least 4 members (excludes halogenated alkanes) is 4. The van der Waals surface area contributed by atoms with Crippen LogP contribution >= 0.6 is 0 Å². The van der Waals surface area contributed by atoms with Crippen molar-refractivity contribution in [1.82, 2.24) is 5.32 Å². The second-order valence-corrected chi connectivity index (χ2v) is 10.3. The molecule has 1 spiro atoms. The lowest BCUT2D eigenvalue weighted by molar-refractivity contribution is -0.286. The van der Waals surface area contributed by atoms with E-state index in [0.717, 1.165) is 32.1 Å². The topological polar surface area (TPSA) is 142 Å². The van der Waals surface area contributed by atoms with Crippen molar-refractivity contribution in [1.29, 1.82) is 0 Å². The predicted octanol–water partition coefficient (Wildman–Crippen LogP) is 2.08. The Morgan fingerprint density at radius 2 is 1.97 bits per heavy atom. The summed E-state index contributed by atoms with van der Waals surface area (Å²) in [6.45, 7) is 2.27. The van der Waals surface area contributed by atoms with Crippen molar-refractivity contribution < 1.29 is 39.2 Å². The number of rotatable bonds is 14. The van der Waals surface area contributed by atoms with Gasteiger partial charge in [-0.25, -0.2) is 0 Å². The quantitative estimate of drug-likeness (QED) is 0.158. The summed E-state index contributed by atoms with van der Waals surface area (Å²) in [6.07, 6.45) is 8.34. The number of carbonyl (C=O) groups is 3. The van der Waals surface area contributed by atoms with E-state index in [-0.39, 0.29) is 31.3 Å². The van der Waals surface area contributed by atoms with E-state index in [9.17, 15) is 29.7 Å². The largest absolute Gasteiger partial charge is 0.469 e. The molecule has 0 saturated carbocycles. The van der Waals surface area contributed by atoms with Gasteiger partial charge in [0.05, 0.1) is 19.3 Å². The van der Waals surface area contributed by atoms with Crippen molar-refractivity contribution in [2.75, 3.05) is 13.7 Å². The number of allylic oxidation sites excluding steroid dienone is 2. The highest BCUT2D eigenvalue weighted by atomic mass is 16.6. The number of methoxy groups -OCH3 is 1. The van der Waals surface area contributed by atoms with Crippen molar-refractivity contribution in [3.8, 4) is 0 Å². The Kier molecular flexibility index (Phi) is 9.86. The van der Waals surface area contributed by atoms with Crippen LogP contribution < -0.4 is 5.32 Å². The van der Waals surface area contributed by atoms with Crippen LogP contribution in [0.3, 0.4) is 0 Å². The van der Waals surface area contributed by atoms with Gasteiger partial charge in [0, 0.05) is 48.9 Å². The molecule has 0 aromatic rings. The minimum Gasteiger partial charge on any atom is -0.469 e. The molecule has 9 heteroatoms. The fourth-order valence-corrected chi connectivity index (χ4v) is 5.89. The summed E-state index contributed by atoms with van der Waals surface area (Å²) in [5.41, 5.74) is -0.327. The standard InChI is InChI=1S/C27H41NO8/c1-3-4-8-11-18-21(14-20(30)19(29)12-9-6-5-7-10-13-25(33)35-2)36-27(34)17-26(18)22(15-23(27)31)28-16-24(26)32/h4,8,15,18-19,21,24,28-29,32,34H,3,5-7,9-14,16-17H2,1-2H3/b8-4-/t18-,19+,21+,24+,26?,27-/m1/s1. The Bertz CT molecular complexity index is 870. The molecule has 1 aliphatic carbocycles. The van der Waals surface area contributed by atoms with Crippen LogP contribution in [0.2, 0.25) is 0 Å². The maximum Gasteiger partial charge on any atom is 0.305 e. The number of Topliss-reactive ketones (excluding diaryl/α,β-unsaturated/α-hetero) is 1. The Morgan fingerprint density at radius 3 is 2.69 bits per heavy atom. The third-order valence-electron chi connectivity index (χ3n) is 7.88. The SMILES string of the molecule is CC/C=C\C[C@@H]1[C@H](CC(=O)[C@@H](O)CCCCCCCC(=O)OC)O[C@]2(O)CC13C(=CC2=O)NC[C@@H]3O. The van der Waals surface area contributed by atoms with Gasteiger partial charge in [0.25, 0.3) is 0 Å². The van der Waals surface area contributed by atoms with E-state index in [1.807, 2.05) is 19.1 Å². The van der Waals surface area contributed by atoms with Gasteiger partial charge in [-0.2, -0.15) is 0 Å². The summed E-state index contributed by atoms with van der Waals surface area (Å²) in [6, 6.07) is 0. The molecule has 0 amide bonds. The lowest BCUT2D eigenvalue weighted by Crippen LogP contribution is -2.63. The van der Waals surface area contributed by atoms with Crippen molar-refractivity contribution in [2.24, 2.45) is 11.3 Å². The summed E-state index contributed by atoms with van der Waals surface area (Å²) in [5, 5.41) is 35.7. The van der Waals surface area contributed by atoms with Gasteiger partial charge in [0.2, 0.25) is 11.6 Å². The summed E-state index contributed by atoms with van der Waals surface area (Å²) in [7, 11) is 1.37. The number of hydrogen-bond acceptors (Lipinski definition) is 9. The minimum atomic E-state index is -2.10. The van der Waals surface area contributed by atoms with Gasteiger partial charge in [0.1, 0.15) is 6.10 Å². The molecule has 3 aliphatic rings. The monoisotopic (exact) mass is 507 g/mol. The molecule has 0 aromatic carbocycles. The highest BCUT2D eigenvalue weighted by Gasteiger charge is 2.66. The molecule has 2 heterocycles. The van der Waals surface area contributed by atoms with E-state index in [1.165, 1.54) is 13.2 Å². The second kappa shape index (κ2) is 12.4. The molecule has 6 atom stereocenters. The van der Waals surface area contributed by atoms with Crippen LogP contribution in [0.5, 0.6) is 0 Å². The van der Waals surface area contributed by atoms with Gasteiger partial charge < -0.3 is 30.1 Å². The van der Waals surface area contributed by atoms with E-state index in [4.69, 9.17) is 4.74 Å². The van der Waals surface area contributed by atoms with Crippen LogP contribution in [0.1, 0.15) is 77.6 Å². The molecular weight excluding hydrogens is 466 g/mol. The summed E-state index contributed by atoms with van der Waals surface area (Å²) >= 11 is 0. The Balaban J connectivity index is 1.62. The summed E-state index contributed by atoms with van der Waals surface area (Å²) in [4.78, 5) is 36.8. The van der Waals surface area contributed by atoms with Crippen LogP contribution in [-0.4, -0.2) is 70.6 Å². The second-order valence-electron chi connectivity index (χ2n) is 10.3. The normalized spacial score (nSPS) is 32.1. The number of fused-ring (bicyclic) bond motifs is 1. The predicted molar refractivity (Wildman–Crippen MR) is 131 cm³/mol. The average Bonchev–Trinajstić information content (AvgIpc) is 3.14. The number of hydrogen-bond donors (Lipinski definition) is 4. The van der Waals surface area contributed by atoms with Gasteiger partial charge in [-0.3, -0.25) is 14.4 Å². The molecular formula is C27H41NO8. The number of nitrogens with one attached hydrogen (secondary N) is 1. The molecule has 1 unspecified atom stereocenters. The van der Waals surface area contributed by atoms with Crippen molar-refractivity contribution in [2.45, 2.75) is 102 Å². The molecule has 9 nitrogen and oxygen atoms in total. The number of β-amino-alcohol motifs (C(OH)–C–C–N with tert-alkyl or cyclic N) is 1. The molecule has 2 aliphatic heterocycles. The average molecular weight is 508 g/mol. The first-order valence-corrected chi connectivity index (χ1v) is 13.2. The van der Waals surface area contributed by atoms with Crippen LogP contribution in [0.4, 0.5) is 0 Å². The summed E-state index contributed by atoms with van der Waals surface area (Å²) < 4.78 is 10.5. The van der Waals surface area contributed by atoms with Crippen LogP contribution in [-0.2, 0) is 23.9 Å². The molecule has 3 rings (SSSR count). The molecule has 36 heavy (non-hydrogen) atoms. The smallest absolute Gasteiger partial charge is 0.305 e. The lowest BCUT2D eigenvalue weighted by atomic mass is 9.58. The molecule has 4 N–H and O–H groups in total. The number of ether oxygens (including phenoxy) is 2. The fourth-order valence-electron chi connectivity index (χ4n) is 5.89. The lowest BCUT2D eigenvalue weighted by Gasteiger charge is -2.54. The highest BCUT2D eigenvalue weighted by Crippen LogP contribution is 2.57. The Labute approximate surface area is 212 Å². The van der Waals surface area contributed by atoms with Gasteiger partial charge >= 0.3 is 5.97 Å². The van der Waals surface area contributed by atoms with Crippen LogP contribution in [0.15, 0.2) is 23.9 Å². The fraction of sp³-hybridized carbons (Fsp3) is 0.741. The van der Waals surface area contributed by atoms with Crippen LogP contribution in [0.25, 0.3) is 0 Å². The van der Waals surface area contributed by atoms with Gasteiger partial charge in [0.15, 0.2) is 5.78 Å². The number of esters is 1. The first kappa shape index (κ1) is 28.5. The number of ketones is 2. The minimum absolute atomic E-state index is 0.0628. The Morgan fingerprint density at radius 1 is 1.25 bits per heavy atom. The first-order chi connectivity index (χ1) is 17.2. The van der Waals surface area contributed by atoms with E-state index in [2.05, 4.69) is 10.1 Å². The van der Waals surface area contributed by atoms with Gasteiger partial charge in [-0.1, -0.05) is 44.8 Å². The van der Waals surface area contributed by atoms with E-state index < -0.39 is 41.1 Å². The van der Waals surface area contributed by atoms with E-state index in [0.29, 0.717) is 31.4 Å². The third-order valence-corrected chi connectivity index (χ3v) is 7.88. The Hall–Kier alpha value is -2.07. The zero-order valence-corrected chi connectivity index (χ0v) is 21.4. The zero-order chi connectivity index (χ0) is 26.3. The maximum absolute atomic E-state index is 13.0. The van der Waals surface area contributed by atoms with Gasteiger partial charge in [-0.05, 0) is 25.7 Å². The molecule has 0 radical (unpaired) electrons. The maximum atomic E-state index is 13.0. The number of aliphatic hydroxyl groups excluding tert-OH is 2. The van der Waals surface area contributed by atoms with Crippen LogP contribution in [0, 0.1) is 11.3 Å². The van der Waals surface area contributed by atoms with E-state index >= 15 is 0 Å². The summed E-state index contributed by atoms with van der Waals surface area (Å²) in [5.74, 6) is -3.66. The van der Waals surface area contributed by atoms with Crippen molar-refractivity contribution >= 4 is 17.5 Å². The molecule has 2 saturated heterocycles. The number of aliphatic hydroxyl groups is 3. The zero-order valence-electron chi connectivity index (χ0n) is 21.4. The molecule has 202 valence electrons. The first-order valence-electron chi connectivity index (χ1n) is 13.2. The third kappa shape index (κ3) is 6.07. The van der Waals surface area contributed by atoms with Gasteiger partial charge in [-0.15, -0.1) is 0 Å². The van der Waals surface area contributed by atoms with E-state index in [1.54, 1.807) is 0 Å². The molecule has 0 aromatic heterocycles. The number of carbonyl (C=O) groups excluding carboxylic acids is 3. The van der Waals surface area contributed by atoms with Crippen molar-refractivity contribution in [3.05, 3.63) is 23.9 Å².